The number of hydrogen-bond acceptors (Lipinski definition) is 6. The van der Waals surface area contributed by atoms with Crippen molar-refractivity contribution < 1.29 is 24.0 Å². The average molecular weight is 509 g/mol. The monoisotopic (exact) mass is 508 g/mol. The number of aryl methyl sites for hydroxylation is 1. The average Bonchev–Trinajstić information content (AvgIpc) is 3.27. The van der Waals surface area contributed by atoms with E-state index in [9.17, 15) is 24.5 Å². The third-order valence-corrected chi connectivity index (χ3v) is 7.29. The van der Waals surface area contributed by atoms with Gasteiger partial charge in [0.2, 0.25) is 5.91 Å². The van der Waals surface area contributed by atoms with Crippen LogP contribution in [0.5, 0.6) is 0 Å². The fourth-order valence-corrected chi connectivity index (χ4v) is 4.94. The zero-order valence-electron chi connectivity index (χ0n) is 21.3. The van der Waals surface area contributed by atoms with Gasteiger partial charge in [-0.05, 0) is 38.0 Å². The van der Waals surface area contributed by atoms with E-state index in [4.69, 9.17) is 4.74 Å². The van der Waals surface area contributed by atoms with Gasteiger partial charge in [-0.1, -0.05) is 31.2 Å². The molecule has 2 saturated heterocycles. The molecule has 0 aliphatic carbocycles. The van der Waals surface area contributed by atoms with Crippen LogP contribution in [0.25, 0.3) is 0 Å². The number of nitrogens with one attached hydrogen (secondary N) is 1. The first-order valence-corrected chi connectivity index (χ1v) is 12.5. The maximum Gasteiger partial charge on any atom is 0.270 e. The summed E-state index contributed by atoms with van der Waals surface area (Å²) < 4.78 is 6.23. The molecule has 2 aromatic carbocycles. The fraction of sp³-hybridized carbons (Fsp3) is 0.444. The van der Waals surface area contributed by atoms with Crippen LogP contribution in [0, 0.1) is 17.0 Å². The van der Waals surface area contributed by atoms with E-state index in [0.29, 0.717) is 18.4 Å². The summed E-state index contributed by atoms with van der Waals surface area (Å²) in [5, 5.41) is 14.1. The highest BCUT2D eigenvalue weighted by atomic mass is 16.6. The van der Waals surface area contributed by atoms with E-state index in [0.717, 1.165) is 12.0 Å². The molecule has 196 valence electrons. The first-order chi connectivity index (χ1) is 17.7. The van der Waals surface area contributed by atoms with E-state index in [-0.39, 0.29) is 54.7 Å². The molecule has 37 heavy (non-hydrogen) atoms. The van der Waals surface area contributed by atoms with Crippen molar-refractivity contribution >= 4 is 23.4 Å². The van der Waals surface area contributed by atoms with Crippen molar-refractivity contribution in [1.82, 2.24) is 15.1 Å². The van der Waals surface area contributed by atoms with E-state index in [1.165, 1.54) is 18.2 Å². The third kappa shape index (κ3) is 5.20. The Hall–Kier alpha value is -3.79. The SMILES string of the molecule is CCC(C)NC(=O)C1COC2(CCN(C(=O)c3cccc([N+](=O)[O-])c3)CC2)N1C(=O)c1ccccc1C. The molecule has 2 unspecified atom stereocenters. The van der Waals surface area contributed by atoms with Crippen LogP contribution in [0.1, 0.15) is 59.4 Å². The van der Waals surface area contributed by atoms with Crippen LogP contribution in [0.2, 0.25) is 0 Å². The number of benzene rings is 2. The number of rotatable bonds is 6. The van der Waals surface area contributed by atoms with Crippen LogP contribution >= 0.6 is 0 Å². The molecule has 2 aromatic rings. The van der Waals surface area contributed by atoms with Crippen LogP contribution in [0.15, 0.2) is 48.5 Å². The second kappa shape index (κ2) is 10.7. The maximum atomic E-state index is 13.9. The van der Waals surface area contributed by atoms with Crippen molar-refractivity contribution in [2.75, 3.05) is 19.7 Å². The maximum absolute atomic E-state index is 13.9. The molecule has 0 aromatic heterocycles. The number of amides is 3. The van der Waals surface area contributed by atoms with Crippen LogP contribution < -0.4 is 5.32 Å². The lowest BCUT2D eigenvalue weighted by molar-refractivity contribution is -0.384. The second-order valence-corrected chi connectivity index (χ2v) is 9.68. The molecule has 0 saturated carbocycles. The molecule has 0 bridgehead atoms. The summed E-state index contributed by atoms with van der Waals surface area (Å²) in [6.45, 7) is 6.36. The van der Waals surface area contributed by atoms with Gasteiger partial charge in [-0.25, -0.2) is 0 Å². The highest BCUT2D eigenvalue weighted by Gasteiger charge is 2.54. The van der Waals surface area contributed by atoms with E-state index in [2.05, 4.69) is 5.32 Å². The zero-order valence-corrected chi connectivity index (χ0v) is 21.3. The third-order valence-electron chi connectivity index (χ3n) is 7.29. The summed E-state index contributed by atoms with van der Waals surface area (Å²) in [4.78, 5) is 54.0. The summed E-state index contributed by atoms with van der Waals surface area (Å²) in [5.74, 6) is -0.860. The number of ether oxygens (including phenoxy) is 1. The molecule has 2 heterocycles. The molecule has 0 radical (unpaired) electrons. The lowest BCUT2D eigenvalue weighted by Crippen LogP contribution is -2.60. The number of hydrogen-bond donors (Lipinski definition) is 1. The van der Waals surface area contributed by atoms with Gasteiger partial charge < -0.3 is 15.0 Å². The normalized spacial score (nSPS) is 19.5. The van der Waals surface area contributed by atoms with Crippen LogP contribution in [-0.4, -0.2) is 69.9 Å². The Bertz CT molecular complexity index is 1210. The number of nitrogens with zero attached hydrogens (tertiary/aromatic N) is 3. The van der Waals surface area contributed by atoms with Crippen LogP contribution in [0.4, 0.5) is 5.69 Å². The predicted octanol–water partition coefficient (Wildman–Crippen LogP) is 3.29. The molecular formula is C27H32N4O6. The van der Waals surface area contributed by atoms with E-state index < -0.39 is 16.7 Å². The Kier molecular flexibility index (Phi) is 7.58. The molecule has 10 nitrogen and oxygen atoms in total. The smallest absolute Gasteiger partial charge is 0.270 e. The minimum absolute atomic E-state index is 0.0474. The first-order valence-electron chi connectivity index (χ1n) is 12.5. The highest BCUT2D eigenvalue weighted by molar-refractivity contribution is 5.99. The summed E-state index contributed by atoms with van der Waals surface area (Å²) in [7, 11) is 0. The van der Waals surface area contributed by atoms with Gasteiger partial charge in [0.15, 0.2) is 0 Å². The van der Waals surface area contributed by atoms with Crippen molar-refractivity contribution in [2.45, 2.75) is 57.8 Å². The minimum atomic E-state index is -1.03. The Morgan fingerprint density at radius 3 is 2.49 bits per heavy atom. The lowest BCUT2D eigenvalue weighted by atomic mass is 9.95. The number of nitro benzene ring substituents is 1. The second-order valence-electron chi connectivity index (χ2n) is 9.68. The van der Waals surface area contributed by atoms with Crippen molar-refractivity contribution in [2.24, 2.45) is 0 Å². The van der Waals surface area contributed by atoms with E-state index in [1.807, 2.05) is 32.9 Å². The molecule has 2 fully saturated rings. The number of likely N-dealkylation sites (tertiary alicyclic amines) is 1. The van der Waals surface area contributed by atoms with Gasteiger partial charge in [0.05, 0.1) is 11.5 Å². The topological polar surface area (TPSA) is 122 Å². The van der Waals surface area contributed by atoms with Crippen molar-refractivity contribution in [3.05, 3.63) is 75.3 Å². The molecule has 1 N–H and O–H groups in total. The Labute approximate surface area is 215 Å². The van der Waals surface area contributed by atoms with Gasteiger partial charge in [0, 0.05) is 55.2 Å². The molecule has 2 aliphatic heterocycles. The molecule has 1 spiro atoms. The van der Waals surface area contributed by atoms with Gasteiger partial charge in [-0.15, -0.1) is 0 Å². The number of nitro groups is 1. The van der Waals surface area contributed by atoms with Crippen molar-refractivity contribution in [3.8, 4) is 0 Å². The largest absolute Gasteiger partial charge is 0.353 e. The summed E-state index contributed by atoms with van der Waals surface area (Å²) in [6.07, 6.45) is 1.39. The number of carbonyl (C=O) groups is 3. The highest BCUT2D eigenvalue weighted by Crippen LogP contribution is 2.39. The van der Waals surface area contributed by atoms with Crippen LogP contribution in [0.3, 0.4) is 0 Å². The van der Waals surface area contributed by atoms with Crippen LogP contribution in [-0.2, 0) is 9.53 Å². The summed E-state index contributed by atoms with van der Waals surface area (Å²) in [6, 6.07) is 12.0. The molecule has 10 heteroatoms. The molecular weight excluding hydrogens is 476 g/mol. The standard InChI is InChI=1S/C27H32N4O6/c1-4-19(3)28-24(32)23-17-37-27(30(23)26(34)22-11-6-5-8-18(22)2)12-14-29(15-13-27)25(33)20-9-7-10-21(16-20)31(35)36/h5-11,16,19,23H,4,12-15,17H2,1-3H3,(H,28,32). The van der Waals surface area contributed by atoms with Gasteiger partial charge in [0.1, 0.15) is 11.8 Å². The van der Waals surface area contributed by atoms with Crippen molar-refractivity contribution in [3.63, 3.8) is 0 Å². The molecule has 2 atom stereocenters. The molecule has 2 aliphatic rings. The Balaban J connectivity index is 1.58. The quantitative estimate of drug-likeness (QED) is 0.472. The Morgan fingerprint density at radius 1 is 1.14 bits per heavy atom. The van der Waals surface area contributed by atoms with E-state index in [1.54, 1.807) is 28.0 Å². The van der Waals surface area contributed by atoms with Gasteiger partial charge in [-0.2, -0.15) is 0 Å². The van der Waals surface area contributed by atoms with E-state index >= 15 is 0 Å². The predicted molar refractivity (Wildman–Crippen MR) is 136 cm³/mol. The Morgan fingerprint density at radius 2 is 1.84 bits per heavy atom. The van der Waals surface area contributed by atoms with Gasteiger partial charge in [-0.3, -0.25) is 29.4 Å². The van der Waals surface area contributed by atoms with Gasteiger partial charge >= 0.3 is 0 Å². The number of non-ortho nitro benzene ring substituents is 1. The molecule has 4 rings (SSSR count). The minimum Gasteiger partial charge on any atom is -0.353 e. The summed E-state index contributed by atoms with van der Waals surface area (Å²) in [5.41, 5.74) is 0.355. The number of carbonyl (C=O) groups excluding carboxylic acids is 3. The zero-order chi connectivity index (χ0) is 26.7. The number of piperidine rings is 1. The molecule has 3 amide bonds. The van der Waals surface area contributed by atoms with Crippen molar-refractivity contribution in [1.29, 1.82) is 0 Å². The lowest BCUT2D eigenvalue weighted by Gasteiger charge is -2.44. The summed E-state index contributed by atoms with van der Waals surface area (Å²) >= 11 is 0. The first kappa shape index (κ1) is 26.3. The fourth-order valence-electron chi connectivity index (χ4n) is 4.94. The van der Waals surface area contributed by atoms with Gasteiger partial charge in [0.25, 0.3) is 17.5 Å².